The van der Waals surface area contributed by atoms with Gasteiger partial charge in [-0.2, -0.15) is 0 Å². The van der Waals surface area contributed by atoms with Gasteiger partial charge in [0.15, 0.2) is 5.82 Å². The summed E-state index contributed by atoms with van der Waals surface area (Å²) < 4.78 is 1.08. The normalized spacial score (nSPS) is 11.7. The first-order valence-electron chi connectivity index (χ1n) is 6.15. The first kappa shape index (κ1) is 14.7. The highest BCUT2D eigenvalue weighted by atomic mass is 127. The van der Waals surface area contributed by atoms with Crippen LogP contribution >= 0.6 is 33.9 Å². The highest BCUT2D eigenvalue weighted by Crippen LogP contribution is 2.34. The van der Waals surface area contributed by atoms with Crippen molar-refractivity contribution in [3.8, 4) is 10.7 Å². The third kappa shape index (κ3) is 3.08. The summed E-state index contributed by atoms with van der Waals surface area (Å²) in [6.45, 7) is 8.69. The second-order valence-corrected chi connectivity index (χ2v) is 7.62. The number of rotatable bonds is 2. The van der Waals surface area contributed by atoms with E-state index < -0.39 is 0 Å². The minimum absolute atomic E-state index is 0.174. The smallest absolute Gasteiger partial charge is 0.171 e. The number of hydrogen-bond acceptors (Lipinski definition) is 4. The van der Waals surface area contributed by atoms with Crippen molar-refractivity contribution in [3.05, 3.63) is 26.3 Å². The number of aryl methyl sites for hydroxylation is 1. The molecule has 0 amide bonds. The van der Waals surface area contributed by atoms with Crippen molar-refractivity contribution in [1.82, 2.24) is 9.97 Å². The standard InChI is InChI=1S/C14H18IN3S/c1-8-11(15)13(16-5)18-12(17-8)9-6-7-10(19-9)14(2,3)4/h6-7H,1-5H3,(H,16,17,18). The van der Waals surface area contributed by atoms with Crippen LogP contribution in [0.2, 0.25) is 0 Å². The SMILES string of the molecule is CNc1nc(-c2ccc(C(C)(C)C)s2)nc(C)c1I. The van der Waals surface area contributed by atoms with Crippen LogP contribution in [0.4, 0.5) is 5.82 Å². The predicted octanol–water partition coefficient (Wildman–Crippen LogP) is 4.46. The Bertz CT molecular complexity index is 599. The van der Waals surface area contributed by atoms with Crippen molar-refractivity contribution in [2.45, 2.75) is 33.1 Å². The van der Waals surface area contributed by atoms with Crippen LogP contribution in [0.1, 0.15) is 31.3 Å². The molecule has 2 rings (SSSR count). The van der Waals surface area contributed by atoms with Gasteiger partial charge < -0.3 is 5.32 Å². The van der Waals surface area contributed by atoms with Gasteiger partial charge in [-0.3, -0.25) is 0 Å². The van der Waals surface area contributed by atoms with Gasteiger partial charge in [-0.15, -0.1) is 11.3 Å². The molecular formula is C14H18IN3S. The Labute approximate surface area is 132 Å². The van der Waals surface area contributed by atoms with Gasteiger partial charge in [-0.05, 0) is 47.1 Å². The maximum atomic E-state index is 4.60. The summed E-state index contributed by atoms with van der Waals surface area (Å²) in [6.07, 6.45) is 0. The fourth-order valence-corrected chi connectivity index (χ4v) is 3.21. The molecule has 2 aromatic heterocycles. The topological polar surface area (TPSA) is 37.8 Å². The van der Waals surface area contributed by atoms with E-state index in [1.54, 1.807) is 11.3 Å². The Morgan fingerprint density at radius 2 is 1.89 bits per heavy atom. The summed E-state index contributed by atoms with van der Waals surface area (Å²) in [6, 6.07) is 4.29. The summed E-state index contributed by atoms with van der Waals surface area (Å²) in [5.74, 6) is 1.71. The van der Waals surface area contributed by atoms with Crippen LogP contribution < -0.4 is 5.32 Å². The molecule has 0 unspecified atom stereocenters. The van der Waals surface area contributed by atoms with Crippen LogP contribution in [-0.2, 0) is 5.41 Å². The molecule has 1 N–H and O–H groups in total. The zero-order valence-electron chi connectivity index (χ0n) is 11.8. The zero-order chi connectivity index (χ0) is 14.2. The van der Waals surface area contributed by atoms with Gasteiger partial charge in [-0.25, -0.2) is 9.97 Å². The molecule has 0 spiro atoms. The van der Waals surface area contributed by atoms with Gasteiger partial charge in [0.25, 0.3) is 0 Å². The molecule has 0 aliphatic carbocycles. The van der Waals surface area contributed by atoms with Gasteiger partial charge >= 0.3 is 0 Å². The predicted molar refractivity (Wildman–Crippen MR) is 91.0 cm³/mol. The van der Waals surface area contributed by atoms with Crippen LogP contribution in [0.3, 0.4) is 0 Å². The minimum Gasteiger partial charge on any atom is -0.372 e. The lowest BCUT2D eigenvalue weighted by Gasteiger charge is -2.15. The molecule has 0 bridgehead atoms. The molecule has 0 atom stereocenters. The largest absolute Gasteiger partial charge is 0.372 e. The van der Waals surface area contributed by atoms with Gasteiger partial charge in [0.05, 0.1) is 14.1 Å². The molecule has 5 heteroatoms. The lowest BCUT2D eigenvalue weighted by molar-refractivity contribution is 0.604. The molecule has 19 heavy (non-hydrogen) atoms. The van der Waals surface area contributed by atoms with Crippen molar-refractivity contribution in [2.75, 3.05) is 12.4 Å². The van der Waals surface area contributed by atoms with E-state index in [9.17, 15) is 0 Å². The molecule has 0 aliphatic heterocycles. The Kier molecular flexibility index (Phi) is 4.15. The van der Waals surface area contributed by atoms with Gasteiger partial charge in [0.2, 0.25) is 0 Å². The summed E-state index contributed by atoms with van der Waals surface area (Å²) in [7, 11) is 1.89. The van der Waals surface area contributed by atoms with E-state index in [0.29, 0.717) is 0 Å². The lowest BCUT2D eigenvalue weighted by atomic mass is 9.95. The van der Waals surface area contributed by atoms with Crippen molar-refractivity contribution >= 4 is 39.7 Å². The Balaban J connectivity index is 2.48. The lowest BCUT2D eigenvalue weighted by Crippen LogP contribution is -2.07. The minimum atomic E-state index is 0.174. The molecular weight excluding hydrogens is 369 g/mol. The number of aromatic nitrogens is 2. The average Bonchev–Trinajstić information content (AvgIpc) is 2.81. The van der Waals surface area contributed by atoms with Crippen molar-refractivity contribution in [1.29, 1.82) is 0 Å². The summed E-state index contributed by atoms with van der Waals surface area (Å²) in [5, 5.41) is 3.13. The fourth-order valence-electron chi connectivity index (χ4n) is 1.70. The number of anilines is 1. The van der Waals surface area contributed by atoms with Crippen LogP contribution in [-0.4, -0.2) is 17.0 Å². The molecule has 102 valence electrons. The highest BCUT2D eigenvalue weighted by molar-refractivity contribution is 14.1. The van der Waals surface area contributed by atoms with Crippen molar-refractivity contribution in [2.24, 2.45) is 0 Å². The first-order valence-corrected chi connectivity index (χ1v) is 8.05. The number of hydrogen-bond donors (Lipinski definition) is 1. The summed E-state index contributed by atoms with van der Waals surface area (Å²) >= 11 is 4.05. The van der Waals surface area contributed by atoms with E-state index in [2.05, 4.69) is 70.8 Å². The molecule has 0 radical (unpaired) electrons. The Morgan fingerprint density at radius 1 is 1.21 bits per heavy atom. The molecule has 2 aromatic rings. The summed E-state index contributed by atoms with van der Waals surface area (Å²) in [5.41, 5.74) is 1.19. The maximum Gasteiger partial charge on any atom is 0.171 e. The highest BCUT2D eigenvalue weighted by Gasteiger charge is 2.18. The van der Waals surface area contributed by atoms with Gasteiger partial charge in [0.1, 0.15) is 5.82 Å². The molecule has 0 aliphatic rings. The third-order valence-electron chi connectivity index (χ3n) is 2.82. The number of nitrogens with zero attached hydrogens (tertiary/aromatic N) is 2. The van der Waals surface area contributed by atoms with E-state index in [-0.39, 0.29) is 5.41 Å². The Hall–Kier alpha value is -0.690. The third-order valence-corrected chi connectivity index (χ3v) is 5.62. The molecule has 0 fully saturated rings. The molecule has 3 nitrogen and oxygen atoms in total. The summed E-state index contributed by atoms with van der Waals surface area (Å²) in [4.78, 5) is 11.7. The van der Waals surface area contributed by atoms with E-state index >= 15 is 0 Å². The van der Waals surface area contributed by atoms with Crippen molar-refractivity contribution in [3.63, 3.8) is 0 Å². The molecule has 0 saturated heterocycles. The average molecular weight is 387 g/mol. The van der Waals surface area contributed by atoms with E-state index in [0.717, 1.165) is 25.8 Å². The van der Waals surface area contributed by atoms with Crippen LogP contribution in [0, 0.1) is 10.5 Å². The Morgan fingerprint density at radius 3 is 2.42 bits per heavy atom. The zero-order valence-corrected chi connectivity index (χ0v) is 14.8. The van der Waals surface area contributed by atoms with Crippen molar-refractivity contribution < 1.29 is 0 Å². The van der Waals surface area contributed by atoms with Crippen LogP contribution in [0.25, 0.3) is 10.7 Å². The van der Waals surface area contributed by atoms with Crippen LogP contribution in [0.15, 0.2) is 12.1 Å². The number of halogens is 1. The van der Waals surface area contributed by atoms with E-state index in [4.69, 9.17) is 0 Å². The first-order chi connectivity index (χ1) is 8.82. The number of nitrogens with one attached hydrogen (secondary N) is 1. The van der Waals surface area contributed by atoms with Gasteiger partial charge in [-0.1, -0.05) is 20.8 Å². The van der Waals surface area contributed by atoms with Crippen LogP contribution in [0.5, 0.6) is 0 Å². The molecule has 0 saturated carbocycles. The monoisotopic (exact) mass is 387 g/mol. The second-order valence-electron chi connectivity index (χ2n) is 5.46. The van der Waals surface area contributed by atoms with E-state index in [1.165, 1.54) is 4.88 Å². The maximum absolute atomic E-state index is 4.60. The fraction of sp³-hybridized carbons (Fsp3) is 0.429. The molecule has 2 heterocycles. The quantitative estimate of drug-likeness (QED) is 0.774. The van der Waals surface area contributed by atoms with Gasteiger partial charge in [0, 0.05) is 11.9 Å². The second kappa shape index (κ2) is 5.36. The molecule has 0 aromatic carbocycles. The van der Waals surface area contributed by atoms with E-state index in [1.807, 2.05) is 14.0 Å². The number of thiophene rings is 1.